The number of sulfonamides is 1. The average molecular weight is 417 g/mol. The lowest BCUT2D eigenvalue weighted by molar-refractivity contribution is 0.0714. The quantitative estimate of drug-likeness (QED) is 0.690. The lowest BCUT2D eigenvalue weighted by Gasteiger charge is -2.48. The Morgan fingerprint density at radius 3 is 2.72 bits per heavy atom. The molecule has 11 heteroatoms. The van der Waals surface area contributed by atoms with Crippen LogP contribution in [0.25, 0.3) is 11.3 Å². The molecule has 0 saturated carbocycles. The third kappa shape index (κ3) is 3.45. The molecule has 1 aliphatic heterocycles. The Bertz CT molecular complexity index is 1080. The van der Waals surface area contributed by atoms with Crippen LogP contribution in [0.5, 0.6) is 0 Å². The molecule has 1 fully saturated rings. The second-order valence-corrected chi connectivity index (χ2v) is 9.83. The van der Waals surface area contributed by atoms with Gasteiger partial charge in [-0.25, -0.2) is 18.4 Å². The topological polar surface area (TPSA) is 143 Å². The molecule has 3 rings (SSSR count). The molecule has 0 spiro atoms. The van der Waals surface area contributed by atoms with Crippen molar-refractivity contribution in [2.45, 2.75) is 38.0 Å². The van der Waals surface area contributed by atoms with Crippen LogP contribution < -0.4 is 11.1 Å². The highest BCUT2D eigenvalue weighted by Crippen LogP contribution is 2.38. The molecule has 2 aromatic heterocycles. The van der Waals surface area contributed by atoms with E-state index in [1.807, 2.05) is 6.92 Å². The Morgan fingerprint density at radius 1 is 1.45 bits per heavy atom. The first-order valence-electron chi connectivity index (χ1n) is 9.07. The van der Waals surface area contributed by atoms with Crippen molar-refractivity contribution in [3.63, 3.8) is 0 Å². The van der Waals surface area contributed by atoms with E-state index in [4.69, 9.17) is 5.73 Å². The number of aromatic nitrogens is 4. The maximum absolute atomic E-state index is 12.4. The fourth-order valence-corrected chi connectivity index (χ4v) is 4.79. The van der Waals surface area contributed by atoms with Crippen LogP contribution in [0.2, 0.25) is 0 Å². The van der Waals surface area contributed by atoms with Gasteiger partial charge in [0.05, 0.1) is 29.0 Å². The molecule has 0 aliphatic carbocycles. The number of nitrogens with one attached hydrogen (secondary N) is 1. The van der Waals surface area contributed by atoms with Gasteiger partial charge in [0.2, 0.25) is 10.0 Å². The maximum Gasteiger partial charge on any atom is 0.216 e. The normalized spacial score (nSPS) is 16.2. The summed E-state index contributed by atoms with van der Waals surface area (Å²) in [6, 6.07) is 2.15. The van der Waals surface area contributed by atoms with Gasteiger partial charge in [-0.15, -0.1) is 0 Å². The van der Waals surface area contributed by atoms with Crippen LogP contribution in [0.4, 0.5) is 11.6 Å². The van der Waals surface area contributed by atoms with E-state index in [2.05, 4.69) is 33.0 Å². The fourth-order valence-electron chi connectivity index (χ4n) is 3.35. The summed E-state index contributed by atoms with van der Waals surface area (Å²) in [5.41, 5.74) is 7.37. The van der Waals surface area contributed by atoms with Crippen LogP contribution in [0.3, 0.4) is 0 Å². The molecule has 0 unspecified atom stereocenters. The molecule has 29 heavy (non-hydrogen) atoms. The van der Waals surface area contributed by atoms with E-state index in [0.29, 0.717) is 17.1 Å². The minimum atomic E-state index is -3.40. The third-order valence-corrected chi connectivity index (χ3v) is 7.28. The zero-order valence-electron chi connectivity index (χ0n) is 16.6. The molecular formula is C18H24N8O2S. The van der Waals surface area contributed by atoms with Crippen molar-refractivity contribution in [3.8, 4) is 17.3 Å². The molecule has 1 aliphatic rings. The van der Waals surface area contributed by atoms with E-state index in [9.17, 15) is 13.7 Å². The maximum atomic E-state index is 12.4. The fraction of sp³-hybridized carbons (Fsp3) is 0.444. The highest BCUT2D eigenvalue weighted by molar-refractivity contribution is 7.89. The monoisotopic (exact) mass is 416 g/mol. The Hall–Kier alpha value is -2.97. The van der Waals surface area contributed by atoms with Crippen molar-refractivity contribution in [2.24, 2.45) is 0 Å². The minimum Gasteiger partial charge on any atom is -0.382 e. The Morgan fingerprint density at radius 2 is 2.14 bits per heavy atom. The molecule has 0 bridgehead atoms. The zero-order chi connectivity index (χ0) is 21.4. The number of hydrogen-bond donors (Lipinski definition) is 2. The second kappa shape index (κ2) is 7.46. The number of hydrogen-bond acceptors (Lipinski definition) is 8. The van der Waals surface area contributed by atoms with Gasteiger partial charge in [-0.05, 0) is 27.0 Å². The van der Waals surface area contributed by atoms with Gasteiger partial charge < -0.3 is 11.1 Å². The first kappa shape index (κ1) is 20.8. The Kier molecular flexibility index (Phi) is 5.34. The molecular weight excluding hydrogens is 392 g/mol. The van der Waals surface area contributed by atoms with Gasteiger partial charge in [-0.2, -0.15) is 14.7 Å². The van der Waals surface area contributed by atoms with Gasteiger partial charge >= 0.3 is 0 Å². The van der Waals surface area contributed by atoms with Crippen LogP contribution in [-0.2, 0) is 15.6 Å². The molecule has 0 radical (unpaired) electrons. The Labute approximate surface area is 170 Å². The van der Waals surface area contributed by atoms with Crippen LogP contribution in [0.1, 0.15) is 25.8 Å². The summed E-state index contributed by atoms with van der Waals surface area (Å²) in [6.45, 7) is 9.10. The summed E-state index contributed by atoms with van der Waals surface area (Å²) in [7, 11) is -3.40. The molecule has 2 aromatic rings. The lowest BCUT2D eigenvalue weighted by atomic mass is 9.89. The summed E-state index contributed by atoms with van der Waals surface area (Å²) in [5, 5.41) is 16.1. The van der Waals surface area contributed by atoms with Crippen molar-refractivity contribution in [1.29, 1.82) is 5.26 Å². The summed E-state index contributed by atoms with van der Waals surface area (Å²) >= 11 is 0. The van der Waals surface area contributed by atoms with E-state index in [0.717, 1.165) is 5.56 Å². The van der Waals surface area contributed by atoms with Gasteiger partial charge in [-0.3, -0.25) is 4.68 Å². The highest BCUT2D eigenvalue weighted by atomic mass is 32.2. The van der Waals surface area contributed by atoms with E-state index in [-0.39, 0.29) is 25.3 Å². The van der Waals surface area contributed by atoms with Gasteiger partial charge in [0, 0.05) is 24.8 Å². The molecule has 10 nitrogen and oxygen atoms in total. The van der Waals surface area contributed by atoms with Gasteiger partial charge in [-0.1, -0.05) is 6.58 Å². The Balaban J connectivity index is 1.98. The van der Waals surface area contributed by atoms with Crippen molar-refractivity contribution >= 4 is 21.7 Å². The summed E-state index contributed by atoms with van der Waals surface area (Å²) in [6.07, 6.45) is 4.77. The number of nitrogen functional groups attached to an aromatic ring is 1. The molecule has 3 heterocycles. The highest BCUT2D eigenvalue weighted by Gasteiger charge is 2.51. The third-order valence-electron chi connectivity index (χ3n) is 5.11. The smallest absolute Gasteiger partial charge is 0.216 e. The van der Waals surface area contributed by atoms with Crippen molar-refractivity contribution in [2.75, 3.05) is 24.1 Å². The van der Waals surface area contributed by atoms with Crippen LogP contribution in [0, 0.1) is 18.3 Å². The van der Waals surface area contributed by atoms with E-state index < -0.39 is 20.8 Å². The van der Waals surface area contributed by atoms with E-state index in [1.165, 1.54) is 16.8 Å². The molecule has 1 saturated heterocycles. The molecule has 0 atom stereocenters. The first-order valence-corrected chi connectivity index (χ1v) is 10.6. The molecule has 0 amide bonds. The standard InChI is InChI=1S/C18H24N8O2S/c1-5-21-17-13(4)15(22-11-23-17)14-8-26(24-16(14)20)18(6-7-19)9-25(10-18)29(27,28)12(2)3/h5,8,11-12H,1,6,9-10H2,2-4H3,(H2,20,24)(H,21,22,23). The summed E-state index contributed by atoms with van der Waals surface area (Å²) < 4.78 is 27.8. The van der Waals surface area contributed by atoms with Crippen molar-refractivity contribution in [3.05, 3.63) is 30.9 Å². The summed E-state index contributed by atoms with van der Waals surface area (Å²) in [5.74, 6) is 0.848. The number of nitrogens with zero attached hydrogens (tertiary/aromatic N) is 6. The van der Waals surface area contributed by atoms with E-state index in [1.54, 1.807) is 24.7 Å². The average Bonchev–Trinajstić information content (AvgIpc) is 3.01. The predicted molar refractivity (Wildman–Crippen MR) is 110 cm³/mol. The lowest BCUT2D eigenvalue weighted by Crippen LogP contribution is -2.65. The molecule has 0 aromatic carbocycles. The van der Waals surface area contributed by atoms with Crippen LogP contribution in [-0.4, -0.2) is 50.8 Å². The minimum absolute atomic E-state index is 0.115. The first-order chi connectivity index (χ1) is 13.7. The van der Waals surface area contributed by atoms with Crippen LogP contribution in [0.15, 0.2) is 25.3 Å². The zero-order valence-corrected chi connectivity index (χ0v) is 17.4. The number of nitriles is 1. The number of rotatable bonds is 7. The predicted octanol–water partition coefficient (Wildman–Crippen LogP) is 1.45. The number of nitrogens with two attached hydrogens (primary N) is 1. The molecule has 154 valence electrons. The van der Waals surface area contributed by atoms with Gasteiger partial charge in [0.1, 0.15) is 17.7 Å². The molecule has 3 N–H and O–H groups in total. The van der Waals surface area contributed by atoms with Gasteiger partial charge in [0.25, 0.3) is 0 Å². The van der Waals surface area contributed by atoms with Gasteiger partial charge in [0.15, 0.2) is 5.82 Å². The van der Waals surface area contributed by atoms with E-state index >= 15 is 0 Å². The van der Waals surface area contributed by atoms with Crippen LogP contribution >= 0.6 is 0 Å². The van der Waals surface area contributed by atoms with Crippen molar-refractivity contribution < 1.29 is 8.42 Å². The number of anilines is 2. The second-order valence-electron chi connectivity index (χ2n) is 7.34. The largest absolute Gasteiger partial charge is 0.382 e. The van der Waals surface area contributed by atoms with Crippen molar-refractivity contribution in [1.82, 2.24) is 24.1 Å². The summed E-state index contributed by atoms with van der Waals surface area (Å²) in [4.78, 5) is 8.50. The SMILES string of the molecule is C=CNc1ncnc(-c2cn(C3(CC#N)CN(S(=O)(=O)C(C)C)C3)nc2N)c1C.